The van der Waals surface area contributed by atoms with Gasteiger partial charge in [-0.3, -0.25) is 9.59 Å². The molecule has 0 saturated heterocycles. The van der Waals surface area contributed by atoms with Gasteiger partial charge in [-0.25, -0.2) is 4.79 Å². The number of urea groups is 1. The van der Waals surface area contributed by atoms with E-state index in [1.54, 1.807) is 36.4 Å². The highest BCUT2D eigenvalue weighted by Gasteiger charge is 2.19. The Hall–Kier alpha value is -3.55. The summed E-state index contributed by atoms with van der Waals surface area (Å²) >= 11 is 0. The Morgan fingerprint density at radius 2 is 1.65 bits per heavy atom. The second kappa shape index (κ2) is 9.07. The van der Waals surface area contributed by atoms with Crippen molar-refractivity contribution < 1.29 is 23.9 Å². The molecule has 0 aliphatic heterocycles. The minimum atomic E-state index is -0.799. The van der Waals surface area contributed by atoms with Gasteiger partial charge in [0.25, 0.3) is 5.91 Å². The topological polar surface area (TPSA) is 134 Å². The second-order valence-electron chi connectivity index (χ2n) is 5.38. The molecule has 8 heteroatoms. The molecule has 136 valence electrons. The van der Waals surface area contributed by atoms with E-state index in [2.05, 4.69) is 5.32 Å². The maximum atomic E-state index is 11.8. The highest BCUT2D eigenvalue weighted by Crippen LogP contribution is 2.26. The van der Waals surface area contributed by atoms with Crippen LogP contribution < -0.4 is 21.5 Å². The van der Waals surface area contributed by atoms with E-state index in [1.165, 1.54) is 0 Å². The Kier molecular flexibility index (Phi) is 6.55. The Bertz CT molecular complexity index is 779. The van der Waals surface area contributed by atoms with Crippen LogP contribution in [-0.4, -0.2) is 24.5 Å². The molecule has 8 nitrogen and oxygen atoms in total. The first-order chi connectivity index (χ1) is 12.4. The van der Waals surface area contributed by atoms with E-state index in [1.807, 2.05) is 18.2 Å². The van der Waals surface area contributed by atoms with Crippen LogP contribution in [0.1, 0.15) is 18.0 Å². The van der Waals surface area contributed by atoms with Gasteiger partial charge in [0.2, 0.25) is 0 Å². The maximum absolute atomic E-state index is 11.8. The van der Waals surface area contributed by atoms with Gasteiger partial charge in [-0.1, -0.05) is 30.3 Å². The fourth-order valence-corrected chi connectivity index (χ4v) is 2.22. The zero-order valence-electron chi connectivity index (χ0n) is 13.9. The van der Waals surface area contributed by atoms with Crippen molar-refractivity contribution in [3.05, 3.63) is 60.2 Å². The molecule has 5 N–H and O–H groups in total. The average Bonchev–Trinajstić information content (AvgIpc) is 2.60. The van der Waals surface area contributed by atoms with Gasteiger partial charge in [-0.15, -0.1) is 0 Å². The molecule has 3 amide bonds. The number of carbonyl (C=O) groups is 3. The lowest BCUT2D eigenvalue weighted by molar-refractivity contribution is -0.148. The summed E-state index contributed by atoms with van der Waals surface area (Å²) in [5.41, 5.74) is 10.7. The lowest BCUT2D eigenvalue weighted by Gasteiger charge is -2.18. The van der Waals surface area contributed by atoms with Crippen LogP contribution >= 0.6 is 0 Å². The van der Waals surface area contributed by atoms with Crippen LogP contribution in [0, 0.1) is 0 Å². The number of rotatable bonds is 8. The number of ether oxygens (including phenoxy) is 2. The number of hydrogen-bond donors (Lipinski definition) is 3. The fourth-order valence-electron chi connectivity index (χ4n) is 2.22. The molecule has 0 aliphatic rings. The molecular weight excluding hydrogens is 338 g/mol. The molecule has 0 fully saturated rings. The van der Waals surface area contributed by atoms with E-state index < -0.39 is 30.6 Å². The van der Waals surface area contributed by atoms with E-state index in [-0.39, 0.29) is 6.42 Å². The van der Waals surface area contributed by atoms with Crippen molar-refractivity contribution in [2.45, 2.75) is 12.5 Å². The number of para-hydroxylation sites is 1. The Labute approximate surface area is 150 Å². The molecule has 0 spiro atoms. The highest BCUT2D eigenvalue weighted by atomic mass is 16.5. The number of benzene rings is 2. The van der Waals surface area contributed by atoms with E-state index in [9.17, 15) is 14.4 Å². The largest absolute Gasteiger partial charge is 0.457 e. The number of esters is 1. The predicted octanol–water partition coefficient (Wildman–Crippen LogP) is 1.61. The molecule has 0 unspecified atom stereocenters. The molecule has 26 heavy (non-hydrogen) atoms. The lowest BCUT2D eigenvalue weighted by atomic mass is 10.0. The number of carbonyl (C=O) groups excluding carboxylic acids is 3. The quantitative estimate of drug-likeness (QED) is 0.617. The van der Waals surface area contributed by atoms with Crippen molar-refractivity contribution in [2.75, 3.05) is 6.61 Å². The summed E-state index contributed by atoms with van der Waals surface area (Å²) in [4.78, 5) is 33.8. The van der Waals surface area contributed by atoms with Gasteiger partial charge in [0.15, 0.2) is 6.61 Å². The standard InChI is InChI=1S/C18H19N3O5/c19-16(22)11-25-17(23)10-15(21-18(20)24)12-5-4-8-14(9-12)26-13-6-2-1-3-7-13/h1-9,15H,10-11H2,(H2,19,22)(H3,20,21,24)/t15-/m0/s1. The van der Waals surface area contributed by atoms with E-state index in [0.717, 1.165) is 0 Å². The minimum Gasteiger partial charge on any atom is -0.457 e. The Morgan fingerprint density at radius 3 is 2.31 bits per heavy atom. The summed E-state index contributed by atoms with van der Waals surface area (Å²) in [7, 11) is 0. The van der Waals surface area contributed by atoms with Crippen LogP contribution in [0.25, 0.3) is 0 Å². The summed E-state index contributed by atoms with van der Waals surface area (Å²) in [5.74, 6) is -0.298. The van der Waals surface area contributed by atoms with Gasteiger partial charge in [0, 0.05) is 0 Å². The van der Waals surface area contributed by atoms with Crippen LogP contribution in [-0.2, 0) is 14.3 Å². The van der Waals surface area contributed by atoms with Crippen LogP contribution in [0.15, 0.2) is 54.6 Å². The smallest absolute Gasteiger partial charge is 0.312 e. The van der Waals surface area contributed by atoms with Crippen molar-refractivity contribution in [3.63, 3.8) is 0 Å². The number of nitrogens with one attached hydrogen (secondary N) is 1. The summed E-state index contributed by atoms with van der Waals surface area (Å²) < 4.78 is 10.5. The second-order valence-corrected chi connectivity index (χ2v) is 5.38. The average molecular weight is 357 g/mol. The summed E-state index contributed by atoms with van der Waals surface area (Å²) in [6.45, 7) is -0.528. The third-order valence-electron chi connectivity index (χ3n) is 3.30. The molecule has 0 aliphatic carbocycles. The zero-order chi connectivity index (χ0) is 18.9. The van der Waals surface area contributed by atoms with Crippen molar-refractivity contribution in [3.8, 4) is 11.5 Å². The van der Waals surface area contributed by atoms with Gasteiger partial charge in [-0.2, -0.15) is 0 Å². The monoisotopic (exact) mass is 357 g/mol. The molecule has 2 rings (SSSR count). The van der Waals surface area contributed by atoms with Crippen molar-refractivity contribution in [1.82, 2.24) is 5.32 Å². The molecule has 2 aromatic rings. The van der Waals surface area contributed by atoms with Gasteiger partial charge in [0.1, 0.15) is 11.5 Å². The summed E-state index contributed by atoms with van der Waals surface area (Å²) in [6, 6.07) is 14.4. The first-order valence-electron chi connectivity index (χ1n) is 7.77. The van der Waals surface area contributed by atoms with Crippen molar-refractivity contribution in [1.29, 1.82) is 0 Å². The van der Waals surface area contributed by atoms with E-state index in [0.29, 0.717) is 17.1 Å². The third kappa shape index (κ3) is 6.16. The van der Waals surface area contributed by atoms with Crippen LogP contribution in [0.5, 0.6) is 11.5 Å². The third-order valence-corrected chi connectivity index (χ3v) is 3.30. The lowest BCUT2D eigenvalue weighted by Crippen LogP contribution is -2.35. The number of primary amides is 2. The van der Waals surface area contributed by atoms with Crippen molar-refractivity contribution >= 4 is 17.9 Å². The molecule has 0 radical (unpaired) electrons. The number of amides is 3. The molecule has 0 aromatic heterocycles. The van der Waals surface area contributed by atoms with Gasteiger partial charge in [0.05, 0.1) is 12.5 Å². The van der Waals surface area contributed by atoms with Gasteiger partial charge >= 0.3 is 12.0 Å². The molecule has 2 aromatic carbocycles. The SMILES string of the molecule is NC(=O)COC(=O)C[C@H](NC(N)=O)c1cccc(Oc2ccccc2)c1. The maximum Gasteiger partial charge on any atom is 0.312 e. The molecule has 0 saturated carbocycles. The van der Waals surface area contributed by atoms with Crippen LogP contribution in [0.2, 0.25) is 0 Å². The van der Waals surface area contributed by atoms with E-state index >= 15 is 0 Å². The Balaban J connectivity index is 2.13. The predicted molar refractivity (Wildman–Crippen MR) is 93.2 cm³/mol. The van der Waals surface area contributed by atoms with E-state index in [4.69, 9.17) is 20.9 Å². The van der Waals surface area contributed by atoms with Gasteiger partial charge in [-0.05, 0) is 29.8 Å². The molecule has 1 atom stereocenters. The highest BCUT2D eigenvalue weighted by molar-refractivity contribution is 5.80. The fraction of sp³-hybridized carbons (Fsp3) is 0.167. The molecule has 0 bridgehead atoms. The number of nitrogens with two attached hydrogens (primary N) is 2. The zero-order valence-corrected chi connectivity index (χ0v) is 13.9. The molecule has 0 heterocycles. The van der Waals surface area contributed by atoms with Crippen LogP contribution in [0.4, 0.5) is 4.79 Å². The van der Waals surface area contributed by atoms with Crippen LogP contribution in [0.3, 0.4) is 0 Å². The first-order valence-corrected chi connectivity index (χ1v) is 7.77. The summed E-state index contributed by atoms with van der Waals surface area (Å²) in [5, 5.41) is 2.47. The Morgan fingerprint density at radius 1 is 0.962 bits per heavy atom. The van der Waals surface area contributed by atoms with Gasteiger partial charge < -0.3 is 26.3 Å². The summed E-state index contributed by atoms with van der Waals surface area (Å²) in [6.07, 6.45) is -0.217. The molecular formula is C18H19N3O5. The normalized spacial score (nSPS) is 11.2. The first kappa shape index (κ1) is 18.8. The van der Waals surface area contributed by atoms with Crippen molar-refractivity contribution in [2.24, 2.45) is 11.5 Å². The number of hydrogen-bond acceptors (Lipinski definition) is 5. The minimum absolute atomic E-state index is 0.217.